The molecule has 0 radical (unpaired) electrons. The summed E-state index contributed by atoms with van der Waals surface area (Å²) in [5.74, 6) is 1.61. The molecule has 8 aromatic rings. The van der Waals surface area contributed by atoms with Gasteiger partial charge in [0.2, 0.25) is 29.1 Å². The highest BCUT2D eigenvalue weighted by molar-refractivity contribution is 7.22. The molecule has 2 aliphatic heterocycles. The topological polar surface area (TPSA) is 178 Å². The number of hydrogen-bond donors (Lipinski definition) is 4. The molecule has 54 heavy (non-hydrogen) atoms. The number of halogens is 1. The maximum Gasteiger partial charge on any atom is 0.233 e. The quantitative estimate of drug-likeness (QED) is 0.128. The molecule has 0 spiro atoms. The van der Waals surface area contributed by atoms with Gasteiger partial charge in [0, 0.05) is 54.1 Å². The Bertz CT molecular complexity index is 2510. The lowest BCUT2D eigenvalue weighted by Gasteiger charge is -2.11. The lowest BCUT2D eigenvalue weighted by atomic mass is 10.0. The Morgan fingerprint density at radius 2 is 1.09 bits per heavy atom. The van der Waals surface area contributed by atoms with Crippen LogP contribution in [-0.4, -0.2) is 42.3 Å². The number of rotatable bonds is 6. The van der Waals surface area contributed by atoms with Gasteiger partial charge in [-0.05, 0) is 100 Å². The predicted molar refractivity (Wildman–Crippen MR) is 222 cm³/mol. The van der Waals surface area contributed by atoms with E-state index in [1.807, 2.05) is 18.5 Å². The summed E-state index contributed by atoms with van der Waals surface area (Å²) >= 11 is 9.44. The van der Waals surface area contributed by atoms with Gasteiger partial charge in [-0.2, -0.15) is 29.9 Å². The Balaban J connectivity index is 0.000000142. The standard InChI is InChI=1S/C20H16N6S.C19H13ClN6S/c1-11-23-19(21)26-20(24-11)25-14-6-13-9-22-10-16(13)15(8-14)18-7-12-4-2-3-5-17(12)27-18;20-17-24-18(21)26-19(25-17)23-12-5-11-8-22-9-14(11)13(7-12)16-6-10-3-1-2-4-15(10)27-16/h2-9H,10H2,1H3,(H3,21,23,24,25,26);1-8H,9H2,(H3,21,23,24,25,26). The highest BCUT2D eigenvalue weighted by Crippen LogP contribution is 2.41. The van der Waals surface area contributed by atoms with Crippen molar-refractivity contribution in [1.82, 2.24) is 29.9 Å². The second-order valence-corrected chi connectivity index (χ2v) is 15.0. The number of nitrogens with one attached hydrogen (secondary N) is 2. The zero-order valence-electron chi connectivity index (χ0n) is 28.6. The van der Waals surface area contributed by atoms with Gasteiger partial charge in [-0.25, -0.2) is 0 Å². The Morgan fingerprint density at radius 3 is 1.59 bits per heavy atom. The van der Waals surface area contributed by atoms with E-state index in [1.165, 1.54) is 46.6 Å². The SMILES string of the molecule is Cc1nc(N)nc(Nc2cc3c(c(-c4cc5ccccc5s4)c2)CN=C3)n1.Nc1nc(Cl)nc(Nc2cc3c(c(-c4cc5ccccc5s4)c2)CN=C3)n1. The average Bonchev–Trinajstić information content (AvgIpc) is 3.96. The Kier molecular flexibility index (Phi) is 8.61. The van der Waals surface area contributed by atoms with Gasteiger partial charge in [-0.15, -0.1) is 22.7 Å². The summed E-state index contributed by atoms with van der Waals surface area (Å²) in [6.07, 6.45) is 3.82. The highest BCUT2D eigenvalue weighted by Gasteiger charge is 2.19. The van der Waals surface area contributed by atoms with Gasteiger partial charge in [0.25, 0.3) is 0 Å². The van der Waals surface area contributed by atoms with E-state index in [4.69, 9.17) is 23.1 Å². The third-order valence-corrected chi connectivity index (χ3v) is 11.3. The van der Waals surface area contributed by atoms with Crippen LogP contribution < -0.4 is 22.1 Å². The molecular weight excluding hydrogens is 736 g/mol. The van der Waals surface area contributed by atoms with Crippen molar-refractivity contribution in [1.29, 1.82) is 0 Å². The number of thiophene rings is 2. The molecule has 4 aromatic heterocycles. The van der Waals surface area contributed by atoms with Crippen molar-refractivity contribution < 1.29 is 0 Å². The van der Waals surface area contributed by atoms with Crippen molar-refractivity contribution in [2.45, 2.75) is 20.0 Å². The number of nitrogens with two attached hydrogens (primary N) is 2. The first kappa shape index (κ1) is 33.5. The van der Waals surface area contributed by atoms with Crippen LogP contribution in [0.15, 0.2) is 94.9 Å². The number of fused-ring (bicyclic) bond motifs is 4. The summed E-state index contributed by atoms with van der Waals surface area (Å²) < 4.78 is 2.54. The molecule has 10 rings (SSSR count). The molecule has 264 valence electrons. The number of nitrogen functional groups attached to an aromatic ring is 2. The van der Waals surface area contributed by atoms with Crippen molar-refractivity contribution in [3.05, 3.63) is 118 Å². The molecule has 0 amide bonds. The minimum absolute atomic E-state index is 0.0532. The minimum atomic E-state index is 0.0532. The summed E-state index contributed by atoms with van der Waals surface area (Å²) in [6.45, 7) is 3.18. The molecule has 0 aliphatic carbocycles. The lowest BCUT2D eigenvalue weighted by Crippen LogP contribution is -2.05. The zero-order valence-corrected chi connectivity index (χ0v) is 31.0. The summed E-state index contributed by atoms with van der Waals surface area (Å²) in [5.41, 5.74) is 20.2. The van der Waals surface area contributed by atoms with Gasteiger partial charge in [0.15, 0.2) is 0 Å². The van der Waals surface area contributed by atoms with E-state index in [0.29, 0.717) is 30.8 Å². The zero-order chi connectivity index (χ0) is 36.8. The molecule has 6 heterocycles. The smallest absolute Gasteiger partial charge is 0.233 e. The summed E-state index contributed by atoms with van der Waals surface area (Å²) in [4.78, 5) is 35.8. The molecule has 0 saturated heterocycles. The normalized spacial score (nSPS) is 12.5. The fraction of sp³-hybridized carbons (Fsp3) is 0.0769. The van der Waals surface area contributed by atoms with E-state index < -0.39 is 0 Å². The molecule has 6 N–H and O–H groups in total. The van der Waals surface area contributed by atoms with E-state index in [1.54, 1.807) is 29.6 Å². The Labute approximate surface area is 321 Å². The maximum atomic E-state index is 5.88. The van der Waals surface area contributed by atoms with Gasteiger partial charge in [-0.3, -0.25) is 9.98 Å². The highest BCUT2D eigenvalue weighted by atomic mass is 35.5. The number of benzene rings is 4. The molecule has 0 bridgehead atoms. The fourth-order valence-corrected chi connectivity index (χ4v) is 8.87. The van der Waals surface area contributed by atoms with E-state index in [9.17, 15) is 0 Å². The third kappa shape index (κ3) is 6.80. The number of aromatic nitrogens is 6. The molecule has 15 heteroatoms. The molecule has 0 fully saturated rings. The minimum Gasteiger partial charge on any atom is -0.368 e. The fourth-order valence-electron chi connectivity index (χ4n) is 6.49. The average molecular weight is 765 g/mol. The van der Waals surface area contributed by atoms with Crippen LogP contribution in [0.2, 0.25) is 5.28 Å². The van der Waals surface area contributed by atoms with Crippen LogP contribution in [0.1, 0.15) is 28.1 Å². The molecular formula is C39H29ClN12S2. The number of hydrogen-bond acceptors (Lipinski definition) is 14. The summed E-state index contributed by atoms with van der Waals surface area (Å²) in [5, 5.41) is 8.98. The van der Waals surface area contributed by atoms with Crippen LogP contribution >= 0.6 is 34.3 Å². The largest absolute Gasteiger partial charge is 0.368 e. The van der Waals surface area contributed by atoms with Crippen molar-refractivity contribution in [3.63, 3.8) is 0 Å². The number of aliphatic imine (C=N–C) groups is 2. The van der Waals surface area contributed by atoms with Gasteiger partial charge >= 0.3 is 0 Å². The first-order valence-corrected chi connectivity index (χ1v) is 18.8. The summed E-state index contributed by atoms with van der Waals surface area (Å²) in [7, 11) is 0. The van der Waals surface area contributed by atoms with Crippen LogP contribution in [0, 0.1) is 6.92 Å². The lowest BCUT2D eigenvalue weighted by molar-refractivity contribution is 0.995. The Hall–Kier alpha value is -6.35. The van der Waals surface area contributed by atoms with E-state index >= 15 is 0 Å². The second kappa shape index (κ2) is 13.9. The first-order chi connectivity index (χ1) is 26.3. The van der Waals surface area contributed by atoms with Crippen molar-refractivity contribution in [3.8, 4) is 20.9 Å². The van der Waals surface area contributed by atoms with Crippen molar-refractivity contribution >= 4 is 102 Å². The van der Waals surface area contributed by atoms with Gasteiger partial charge in [-0.1, -0.05) is 36.4 Å². The van der Waals surface area contributed by atoms with Gasteiger partial charge in [0.05, 0.1) is 13.1 Å². The van der Waals surface area contributed by atoms with Gasteiger partial charge < -0.3 is 22.1 Å². The van der Waals surface area contributed by atoms with Crippen LogP contribution in [0.4, 0.5) is 35.2 Å². The number of anilines is 6. The van der Waals surface area contributed by atoms with Crippen molar-refractivity contribution in [2.24, 2.45) is 9.98 Å². The van der Waals surface area contributed by atoms with E-state index in [0.717, 1.165) is 28.1 Å². The van der Waals surface area contributed by atoms with E-state index in [2.05, 4.69) is 129 Å². The monoisotopic (exact) mass is 764 g/mol. The van der Waals surface area contributed by atoms with Gasteiger partial charge in [0.1, 0.15) is 5.82 Å². The molecule has 12 nitrogen and oxygen atoms in total. The molecule has 0 unspecified atom stereocenters. The molecule has 4 aromatic carbocycles. The van der Waals surface area contributed by atoms with Crippen molar-refractivity contribution in [2.75, 3.05) is 22.1 Å². The third-order valence-electron chi connectivity index (χ3n) is 8.81. The summed E-state index contributed by atoms with van der Waals surface area (Å²) in [6, 6.07) is 29.6. The van der Waals surface area contributed by atoms with Crippen LogP contribution in [0.3, 0.4) is 0 Å². The number of aryl methyl sites for hydroxylation is 1. The van der Waals surface area contributed by atoms with E-state index in [-0.39, 0.29) is 17.2 Å². The van der Waals surface area contributed by atoms with Crippen LogP contribution in [0.25, 0.3) is 41.1 Å². The molecule has 0 saturated carbocycles. The first-order valence-electron chi connectivity index (χ1n) is 16.8. The van der Waals surface area contributed by atoms with Crippen LogP contribution in [0.5, 0.6) is 0 Å². The number of nitrogens with zero attached hydrogens (tertiary/aromatic N) is 8. The molecule has 2 aliphatic rings. The maximum absolute atomic E-state index is 5.88. The second-order valence-electron chi connectivity index (χ2n) is 12.5. The predicted octanol–water partition coefficient (Wildman–Crippen LogP) is 8.99. The van der Waals surface area contributed by atoms with Crippen LogP contribution in [-0.2, 0) is 13.1 Å². The Morgan fingerprint density at radius 1 is 0.593 bits per heavy atom. The molecule has 0 atom stereocenters.